The van der Waals surface area contributed by atoms with Gasteiger partial charge in [-0.05, 0) is 31.5 Å². The number of carbonyl (C=O) groups excluding carboxylic acids is 1. The first-order valence-electron chi connectivity index (χ1n) is 5.94. The monoisotopic (exact) mass is 264 g/mol. The summed E-state index contributed by atoms with van der Waals surface area (Å²) < 4.78 is 6.23. The highest BCUT2D eigenvalue weighted by molar-refractivity contribution is 7.22. The molecule has 96 valence electrons. The molecular weight excluding hydrogens is 248 g/mol. The minimum Gasteiger partial charge on any atom is -0.381 e. The first kappa shape index (κ1) is 13.0. The van der Waals surface area contributed by atoms with Gasteiger partial charge in [0.05, 0.1) is 23.2 Å². The van der Waals surface area contributed by atoms with Crippen molar-refractivity contribution in [1.82, 2.24) is 4.98 Å². The third-order valence-corrected chi connectivity index (χ3v) is 3.40. The Morgan fingerprint density at radius 2 is 2.33 bits per heavy atom. The normalized spacial score (nSPS) is 10.8. The van der Waals surface area contributed by atoms with Gasteiger partial charge in [-0.3, -0.25) is 4.79 Å². The van der Waals surface area contributed by atoms with Crippen molar-refractivity contribution in [2.75, 3.05) is 18.5 Å². The molecule has 1 amide bonds. The van der Waals surface area contributed by atoms with E-state index in [4.69, 9.17) is 4.74 Å². The summed E-state index contributed by atoms with van der Waals surface area (Å²) in [4.78, 5) is 16.0. The molecule has 1 N–H and O–H groups in total. The molecule has 18 heavy (non-hydrogen) atoms. The molecule has 1 heterocycles. The Kier molecular flexibility index (Phi) is 4.28. The molecule has 0 aliphatic rings. The molecule has 1 aromatic heterocycles. The number of aryl methyl sites for hydroxylation is 1. The fourth-order valence-electron chi connectivity index (χ4n) is 1.58. The highest BCUT2D eigenvalue weighted by Gasteiger charge is 2.07. The van der Waals surface area contributed by atoms with Gasteiger partial charge in [-0.25, -0.2) is 4.98 Å². The zero-order valence-electron chi connectivity index (χ0n) is 10.5. The van der Waals surface area contributed by atoms with Crippen LogP contribution in [0.15, 0.2) is 18.2 Å². The van der Waals surface area contributed by atoms with Gasteiger partial charge in [0, 0.05) is 6.61 Å². The minimum atomic E-state index is -0.0563. The molecule has 5 heteroatoms. The largest absolute Gasteiger partial charge is 0.381 e. The van der Waals surface area contributed by atoms with Crippen molar-refractivity contribution in [2.24, 2.45) is 0 Å². The van der Waals surface area contributed by atoms with Crippen LogP contribution in [0.5, 0.6) is 0 Å². The Hall–Kier alpha value is -1.46. The third-order valence-electron chi connectivity index (χ3n) is 2.47. The van der Waals surface area contributed by atoms with Gasteiger partial charge in [0.15, 0.2) is 5.13 Å². The molecule has 0 spiro atoms. The zero-order valence-corrected chi connectivity index (χ0v) is 11.3. The number of hydrogen-bond donors (Lipinski definition) is 1. The average Bonchev–Trinajstić information content (AvgIpc) is 2.70. The second kappa shape index (κ2) is 5.93. The molecule has 0 radical (unpaired) electrons. The Bertz CT molecular complexity index is 551. The zero-order chi connectivity index (χ0) is 13.0. The molecule has 2 aromatic rings. The molecule has 0 saturated carbocycles. The van der Waals surface area contributed by atoms with Crippen molar-refractivity contribution in [1.29, 1.82) is 0 Å². The van der Waals surface area contributed by atoms with E-state index in [0.717, 1.165) is 10.2 Å². The van der Waals surface area contributed by atoms with E-state index >= 15 is 0 Å². The number of nitrogens with zero attached hydrogens (tertiary/aromatic N) is 1. The lowest BCUT2D eigenvalue weighted by Crippen LogP contribution is -2.13. The highest BCUT2D eigenvalue weighted by atomic mass is 32.1. The quantitative estimate of drug-likeness (QED) is 0.845. The van der Waals surface area contributed by atoms with Crippen molar-refractivity contribution in [2.45, 2.75) is 20.3 Å². The van der Waals surface area contributed by atoms with Gasteiger partial charge in [-0.15, -0.1) is 0 Å². The number of benzene rings is 1. The molecule has 1 aromatic carbocycles. The first-order chi connectivity index (χ1) is 8.69. The summed E-state index contributed by atoms with van der Waals surface area (Å²) in [7, 11) is 0. The molecule has 0 fully saturated rings. The SMILES string of the molecule is CCOCCC(=O)Nc1nc2ccc(C)cc2s1. The van der Waals surface area contributed by atoms with E-state index in [0.29, 0.717) is 24.8 Å². The average molecular weight is 264 g/mol. The summed E-state index contributed by atoms with van der Waals surface area (Å²) >= 11 is 1.50. The van der Waals surface area contributed by atoms with E-state index in [1.807, 2.05) is 26.0 Å². The van der Waals surface area contributed by atoms with Gasteiger partial charge in [0.2, 0.25) is 5.91 Å². The van der Waals surface area contributed by atoms with E-state index in [2.05, 4.69) is 16.4 Å². The predicted molar refractivity (Wildman–Crippen MR) is 74.1 cm³/mol. The maximum atomic E-state index is 11.6. The minimum absolute atomic E-state index is 0.0563. The predicted octanol–water partition coefficient (Wildman–Crippen LogP) is 2.97. The summed E-state index contributed by atoms with van der Waals surface area (Å²) in [5.41, 5.74) is 2.12. The van der Waals surface area contributed by atoms with Crippen LogP contribution >= 0.6 is 11.3 Å². The van der Waals surface area contributed by atoms with Crippen molar-refractivity contribution in [3.8, 4) is 0 Å². The fraction of sp³-hybridized carbons (Fsp3) is 0.385. The number of fused-ring (bicyclic) bond motifs is 1. The molecule has 2 rings (SSSR count). The number of amides is 1. The van der Waals surface area contributed by atoms with Crippen LogP contribution in [0.1, 0.15) is 18.9 Å². The maximum absolute atomic E-state index is 11.6. The summed E-state index contributed by atoms with van der Waals surface area (Å²) in [5.74, 6) is -0.0563. The summed E-state index contributed by atoms with van der Waals surface area (Å²) in [6.07, 6.45) is 0.364. The van der Waals surface area contributed by atoms with Crippen LogP contribution in [0.25, 0.3) is 10.2 Å². The topological polar surface area (TPSA) is 51.2 Å². The Labute approximate surface area is 110 Å². The van der Waals surface area contributed by atoms with Crippen LogP contribution in [0.3, 0.4) is 0 Å². The Balaban J connectivity index is 2.01. The van der Waals surface area contributed by atoms with Crippen LogP contribution in [-0.4, -0.2) is 24.1 Å². The fourth-order valence-corrected chi connectivity index (χ4v) is 2.56. The second-order valence-electron chi connectivity index (χ2n) is 3.99. The van der Waals surface area contributed by atoms with Gasteiger partial charge in [-0.2, -0.15) is 0 Å². The van der Waals surface area contributed by atoms with E-state index in [1.165, 1.54) is 16.9 Å². The van der Waals surface area contributed by atoms with Crippen molar-refractivity contribution >= 4 is 32.6 Å². The van der Waals surface area contributed by atoms with Gasteiger partial charge >= 0.3 is 0 Å². The molecule has 0 saturated heterocycles. The Morgan fingerprint density at radius 3 is 3.11 bits per heavy atom. The van der Waals surface area contributed by atoms with E-state index < -0.39 is 0 Å². The first-order valence-corrected chi connectivity index (χ1v) is 6.75. The van der Waals surface area contributed by atoms with E-state index in [1.54, 1.807) is 0 Å². The lowest BCUT2D eigenvalue weighted by atomic mass is 10.2. The van der Waals surface area contributed by atoms with Gasteiger partial charge < -0.3 is 10.1 Å². The lowest BCUT2D eigenvalue weighted by molar-refractivity contribution is -0.117. The van der Waals surface area contributed by atoms with Crippen LogP contribution in [0, 0.1) is 6.92 Å². The summed E-state index contributed by atoms with van der Waals surface area (Å²) in [6, 6.07) is 6.06. The molecule has 0 unspecified atom stereocenters. The molecule has 4 nitrogen and oxygen atoms in total. The lowest BCUT2D eigenvalue weighted by Gasteiger charge is -2.01. The van der Waals surface area contributed by atoms with Crippen molar-refractivity contribution in [3.05, 3.63) is 23.8 Å². The standard InChI is InChI=1S/C13H16N2O2S/c1-3-17-7-6-12(16)15-13-14-10-5-4-9(2)8-11(10)18-13/h4-5,8H,3,6-7H2,1-2H3,(H,14,15,16). The van der Waals surface area contributed by atoms with Crippen LogP contribution in [0.4, 0.5) is 5.13 Å². The molecule has 0 atom stereocenters. The number of anilines is 1. The molecule has 0 aliphatic heterocycles. The van der Waals surface area contributed by atoms with Crippen molar-refractivity contribution < 1.29 is 9.53 Å². The smallest absolute Gasteiger partial charge is 0.228 e. The maximum Gasteiger partial charge on any atom is 0.228 e. The molecule has 0 bridgehead atoms. The van der Waals surface area contributed by atoms with Gasteiger partial charge in [0.1, 0.15) is 0 Å². The number of carbonyl (C=O) groups is 1. The molecule has 0 aliphatic carbocycles. The van der Waals surface area contributed by atoms with Gasteiger partial charge in [-0.1, -0.05) is 17.4 Å². The highest BCUT2D eigenvalue weighted by Crippen LogP contribution is 2.26. The van der Waals surface area contributed by atoms with Gasteiger partial charge in [0.25, 0.3) is 0 Å². The second-order valence-corrected chi connectivity index (χ2v) is 5.02. The molecular formula is C13H16N2O2S. The van der Waals surface area contributed by atoms with E-state index in [9.17, 15) is 4.79 Å². The van der Waals surface area contributed by atoms with Crippen LogP contribution < -0.4 is 5.32 Å². The number of rotatable bonds is 5. The summed E-state index contributed by atoms with van der Waals surface area (Å²) in [6.45, 7) is 5.04. The van der Waals surface area contributed by atoms with Crippen LogP contribution in [0.2, 0.25) is 0 Å². The number of thiazole rings is 1. The number of aromatic nitrogens is 1. The Morgan fingerprint density at radius 1 is 1.50 bits per heavy atom. The number of nitrogens with one attached hydrogen (secondary N) is 1. The van der Waals surface area contributed by atoms with Crippen LogP contribution in [-0.2, 0) is 9.53 Å². The third kappa shape index (κ3) is 3.27. The number of hydrogen-bond acceptors (Lipinski definition) is 4. The van der Waals surface area contributed by atoms with Crippen molar-refractivity contribution in [3.63, 3.8) is 0 Å². The number of ether oxygens (including phenoxy) is 1. The van der Waals surface area contributed by atoms with E-state index in [-0.39, 0.29) is 5.91 Å². The summed E-state index contributed by atoms with van der Waals surface area (Å²) in [5, 5.41) is 3.45.